The molecule has 0 aromatic carbocycles. The molecule has 2 aliphatic rings. The average molecular weight is 327 g/mol. The lowest BCUT2D eigenvalue weighted by Crippen LogP contribution is -2.46. The van der Waals surface area contributed by atoms with E-state index in [1.165, 1.54) is 0 Å². The van der Waals surface area contributed by atoms with Gasteiger partial charge in [-0.25, -0.2) is 0 Å². The van der Waals surface area contributed by atoms with Crippen LogP contribution in [0.5, 0.6) is 0 Å². The molecule has 2 saturated heterocycles. The number of morpholine rings is 1. The number of amides is 1. The average Bonchev–Trinajstić information content (AvgIpc) is 2.88. The monoisotopic (exact) mass is 326 g/mol. The smallest absolute Gasteiger partial charge is 0.225 e. The van der Waals surface area contributed by atoms with Crippen molar-refractivity contribution in [2.75, 3.05) is 39.4 Å². The second-order valence-corrected chi connectivity index (χ2v) is 6.48. The third kappa shape index (κ3) is 3.45. The molecule has 0 radical (unpaired) electrons. The zero-order valence-electron chi connectivity index (χ0n) is 13.0. The van der Waals surface area contributed by atoms with Crippen molar-refractivity contribution in [3.05, 3.63) is 16.4 Å². The molecule has 1 aromatic rings. The third-order valence-electron chi connectivity index (χ3n) is 4.57. The van der Waals surface area contributed by atoms with Crippen molar-refractivity contribution < 1.29 is 9.53 Å². The van der Waals surface area contributed by atoms with Crippen LogP contribution in [-0.4, -0.2) is 65.3 Å². The Labute approximate surface area is 135 Å². The molecule has 1 amide bonds. The van der Waals surface area contributed by atoms with Crippen LogP contribution in [0.25, 0.3) is 0 Å². The van der Waals surface area contributed by atoms with Crippen LogP contribution in [0.3, 0.4) is 0 Å². The van der Waals surface area contributed by atoms with Gasteiger partial charge in [-0.3, -0.25) is 14.8 Å². The molecule has 7 heteroatoms. The van der Waals surface area contributed by atoms with Crippen molar-refractivity contribution in [3.63, 3.8) is 0 Å². The summed E-state index contributed by atoms with van der Waals surface area (Å²) in [5.41, 5.74) is 1.81. The third-order valence-corrected chi connectivity index (χ3v) is 5.08. The molecule has 1 aromatic heterocycles. The minimum atomic E-state index is 0.158. The summed E-state index contributed by atoms with van der Waals surface area (Å²) in [5, 5.41) is 7.89. The van der Waals surface area contributed by atoms with Crippen molar-refractivity contribution in [3.8, 4) is 0 Å². The molecule has 0 unspecified atom stereocenters. The second-order valence-electron chi connectivity index (χ2n) is 6.10. The normalized spacial score (nSPS) is 21.3. The number of carbonyl (C=O) groups is 1. The first-order valence-corrected chi connectivity index (χ1v) is 8.31. The summed E-state index contributed by atoms with van der Waals surface area (Å²) in [6.07, 6.45) is 1.83. The highest BCUT2D eigenvalue weighted by Gasteiger charge is 2.29. The number of likely N-dealkylation sites (tertiary alicyclic amines) is 1. The number of hydrogen-bond acceptors (Lipinski definition) is 4. The first-order chi connectivity index (χ1) is 10.6. The summed E-state index contributed by atoms with van der Waals surface area (Å²) in [5.74, 6) is 0.460. The lowest BCUT2D eigenvalue weighted by molar-refractivity contribution is -0.141. The van der Waals surface area contributed by atoms with Gasteiger partial charge in [0.15, 0.2) is 0 Å². The summed E-state index contributed by atoms with van der Waals surface area (Å²) in [6, 6.07) is 0. The Bertz CT molecular complexity index is 520. The standard InChI is InChI=1S/C15H23ClN4O2/c1-11-14(16)13(18-17-11)10-19-4-2-12(3-5-19)15(21)20-6-8-22-9-7-20/h12H,2-10H2,1H3,(H,17,18). The maximum atomic E-state index is 12.5. The summed E-state index contributed by atoms with van der Waals surface area (Å²) in [7, 11) is 0. The van der Waals surface area contributed by atoms with Crippen LogP contribution < -0.4 is 0 Å². The van der Waals surface area contributed by atoms with Crippen LogP contribution in [0.1, 0.15) is 24.2 Å². The molecule has 22 heavy (non-hydrogen) atoms. The van der Waals surface area contributed by atoms with Gasteiger partial charge in [0, 0.05) is 25.6 Å². The number of nitrogens with one attached hydrogen (secondary N) is 1. The summed E-state index contributed by atoms with van der Waals surface area (Å²) < 4.78 is 5.31. The molecule has 2 aliphatic heterocycles. The molecule has 0 bridgehead atoms. The van der Waals surface area contributed by atoms with Gasteiger partial charge in [0.1, 0.15) is 0 Å². The number of aromatic nitrogens is 2. The summed E-state index contributed by atoms with van der Waals surface area (Å²) >= 11 is 6.22. The molecule has 0 aliphatic carbocycles. The number of piperidine rings is 1. The summed E-state index contributed by atoms with van der Waals surface area (Å²) in [6.45, 7) is 7.32. The number of H-pyrrole nitrogens is 1. The first kappa shape index (κ1) is 15.8. The Morgan fingerprint density at radius 3 is 2.59 bits per heavy atom. The topological polar surface area (TPSA) is 61.5 Å². The van der Waals surface area contributed by atoms with E-state index in [0.29, 0.717) is 19.1 Å². The van der Waals surface area contributed by atoms with Crippen LogP contribution in [0.4, 0.5) is 0 Å². The number of ether oxygens (including phenoxy) is 1. The lowest BCUT2D eigenvalue weighted by atomic mass is 9.95. The molecule has 6 nitrogen and oxygen atoms in total. The summed E-state index contributed by atoms with van der Waals surface area (Å²) in [4.78, 5) is 16.8. The highest BCUT2D eigenvalue weighted by molar-refractivity contribution is 6.31. The van der Waals surface area contributed by atoms with E-state index in [-0.39, 0.29) is 5.92 Å². The van der Waals surface area contributed by atoms with Crippen LogP contribution in [0.15, 0.2) is 0 Å². The molecule has 3 heterocycles. The van der Waals surface area contributed by atoms with Gasteiger partial charge in [-0.2, -0.15) is 5.10 Å². The quantitative estimate of drug-likeness (QED) is 0.913. The van der Waals surface area contributed by atoms with Crippen LogP contribution in [0.2, 0.25) is 5.02 Å². The van der Waals surface area contributed by atoms with Gasteiger partial charge in [-0.15, -0.1) is 0 Å². The predicted octanol–water partition coefficient (Wildman–Crippen LogP) is 1.44. The number of hydrogen-bond donors (Lipinski definition) is 1. The van der Waals surface area contributed by atoms with Gasteiger partial charge < -0.3 is 9.64 Å². The van der Waals surface area contributed by atoms with Gasteiger partial charge in [0.05, 0.1) is 29.6 Å². The van der Waals surface area contributed by atoms with Crippen LogP contribution in [-0.2, 0) is 16.1 Å². The van der Waals surface area contributed by atoms with E-state index in [4.69, 9.17) is 16.3 Å². The Kier molecular flexibility index (Phi) is 5.00. The van der Waals surface area contributed by atoms with E-state index in [1.807, 2.05) is 11.8 Å². The van der Waals surface area contributed by atoms with Crippen molar-refractivity contribution in [1.29, 1.82) is 0 Å². The highest BCUT2D eigenvalue weighted by Crippen LogP contribution is 2.24. The maximum Gasteiger partial charge on any atom is 0.225 e. The number of carbonyl (C=O) groups excluding carboxylic acids is 1. The van der Waals surface area contributed by atoms with E-state index in [9.17, 15) is 4.79 Å². The van der Waals surface area contributed by atoms with E-state index >= 15 is 0 Å². The van der Waals surface area contributed by atoms with Crippen molar-refractivity contribution >= 4 is 17.5 Å². The predicted molar refractivity (Wildman–Crippen MR) is 83.7 cm³/mol. The second kappa shape index (κ2) is 6.98. The van der Waals surface area contributed by atoms with Crippen LogP contribution in [0, 0.1) is 12.8 Å². The highest BCUT2D eigenvalue weighted by atomic mass is 35.5. The van der Waals surface area contributed by atoms with E-state index in [2.05, 4.69) is 15.1 Å². The minimum Gasteiger partial charge on any atom is -0.378 e. The number of nitrogens with zero attached hydrogens (tertiary/aromatic N) is 3. The van der Waals surface area contributed by atoms with Crippen molar-refractivity contribution in [2.24, 2.45) is 5.92 Å². The van der Waals surface area contributed by atoms with Crippen molar-refractivity contribution in [2.45, 2.75) is 26.3 Å². The molecule has 3 rings (SSSR count). The minimum absolute atomic E-state index is 0.158. The Balaban J connectivity index is 1.49. The Morgan fingerprint density at radius 2 is 2.00 bits per heavy atom. The fourth-order valence-corrected chi connectivity index (χ4v) is 3.31. The number of aryl methyl sites for hydroxylation is 1. The number of halogens is 1. The molecule has 0 spiro atoms. The number of aromatic amines is 1. The van der Waals surface area contributed by atoms with Gasteiger partial charge in [-0.1, -0.05) is 11.6 Å². The Morgan fingerprint density at radius 1 is 1.32 bits per heavy atom. The molecule has 2 fully saturated rings. The molecular formula is C15H23ClN4O2. The van der Waals surface area contributed by atoms with E-state index in [1.54, 1.807) is 0 Å². The van der Waals surface area contributed by atoms with Crippen LogP contribution >= 0.6 is 11.6 Å². The molecule has 1 N–H and O–H groups in total. The first-order valence-electron chi connectivity index (χ1n) is 7.93. The molecule has 0 saturated carbocycles. The molecular weight excluding hydrogens is 304 g/mol. The SMILES string of the molecule is Cc1[nH]nc(CN2CCC(C(=O)N3CCOCC3)CC2)c1Cl. The van der Waals surface area contributed by atoms with Gasteiger partial charge in [0.2, 0.25) is 5.91 Å². The maximum absolute atomic E-state index is 12.5. The fraction of sp³-hybridized carbons (Fsp3) is 0.733. The zero-order valence-corrected chi connectivity index (χ0v) is 13.7. The molecule has 0 atom stereocenters. The van der Waals surface area contributed by atoms with Gasteiger partial charge >= 0.3 is 0 Å². The van der Waals surface area contributed by atoms with Gasteiger partial charge in [-0.05, 0) is 32.9 Å². The lowest BCUT2D eigenvalue weighted by Gasteiger charge is -2.35. The fourth-order valence-electron chi connectivity index (χ4n) is 3.16. The van der Waals surface area contributed by atoms with E-state index < -0.39 is 0 Å². The van der Waals surface area contributed by atoms with Gasteiger partial charge in [0.25, 0.3) is 0 Å². The van der Waals surface area contributed by atoms with Crippen molar-refractivity contribution in [1.82, 2.24) is 20.0 Å². The molecule has 122 valence electrons. The number of rotatable bonds is 3. The van der Waals surface area contributed by atoms with E-state index in [0.717, 1.165) is 62.0 Å². The zero-order chi connectivity index (χ0) is 15.5. The Hall–Kier alpha value is -1.11. The largest absolute Gasteiger partial charge is 0.378 e.